The molecule has 0 bridgehead atoms. The van der Waals surface area contributed by atoms with E-state index in [0.29, 0.717) is 0 Å². The highest BCUT2D eigenvalue weighted by atomic mass is 31.1. The summed E-state index contributed by atoms with van der Waals surface area (Å²) in [5.74, 6) is -2.59. The van der Waals surface area contributed by atoms with Crippen LogP contribution in [-0.2, 0) is 22.7 Å². The summed E-state index contributed by atoms with van der Waals surface area (Å²) >= 11 is 0. The summed E-state index contributed by atoms with van der Waals surface area (Å²) in [6, 6.07) is 20.7. The average molecular weight is 826 g/mol. The maximum Gasteiger partial charge on any atom is 0.491 e. The lowest BCUT2D eigenvalue weighted by Gasteiger charge is -2.44. The van der Waals surface area contributed by atoms with Gasteiger partial charge in [-0.15, -0.1) is 4.52 Å². The smallest absolute Gasteiger partial charge is 0.491 e. The van der Waals surface area contributed by atoms with E-state index in [1.807, 2.05) is 94.5 Å². The molecule has 0 radical (unpaired) electrons. The summed E-state index contributed by atoms with van der Waals surface area (Å²) < 4.78 is 38.5. The number of aliphatic hydroxyl groups is 1. The van der Waals surface area contributed by atoms with Crippen LogP contribution in [0.1, 0.15) is 79.9 Å². The van der Waals surface area contributed by atoms with Crippen molar-refractivity contribution in [2.45, 2.75) is 121 Å². The molecule has 4 heterocycles. The van der Waals surface area contributed by atoms with Gasteiger partial charge < -0.3 is 23.6 Å². The van der Waals surface area contributed by atoms with Gasteiger partial charge in [-0.25, -0.2) is 10.2 Å². The topological polar surface area (TPSA) is 167 Å². The second kappa shape index (κ2) is 17.8. The van der Waals surface area contributed by atoms with Crippen LogP contribution in [0.5, 0.6) is 0 Å². The molecular formula is C40H58N4O9PSi2+. The molecule has 6 rings (SSSR count). The van der Waals surface area contributed by atoms with Crippen LogP contribution in [0.25, 0.3) is 0 Å². The van der Waals surface area contributed by atoms with Crippen molar-refractivity contribution in [2.75, 3.05) is 19.7 Å². The van der Waals surface area contributed by atoms with Crippen molar-refractivity contribution in [1.82, 2.24) is 20.0 Å². The minimum absolute atomic E-state index is 0.307. The van der Waals surface area contributed by atoms with Crippen LogP contribution in [0.15, 0.2) is 88.2 Å². The van der Waals surface area contributed by atoms with E-state index < -0.39 is 65.4 Å². The largest absolute Gasteiger partial charge is 0.566 e. The van der Waals surface area contributed by atoms with Crippen molar-refractivity contribution < 1.29 is 32.7 Å². The fraction of sp³-hybridized carbons (Fsp3) is 0.550. The molecule has 2 aromatic carbocycles. The Bertz CT molecular complexity index is 1890. The second-order valence-electron chi connectivity index (χ2n) is 17.1. The van der Waals surface area contributed by atoms with E-state index in [2.05, 4.69) is 42.3 Å². The van der Waals surface area contributed by atoms with Crippen LogP contribution in [-0.4, -0.2) is 74.0 Å². The fourth-order valence-corrected chi connectivity index (χ4v) is 13.6. The van der Waals surface area contributed by atoms with E-state index >= 15 is 0 Å². The summed E-state index contributed by atoms with van der Waals surface area (Å²) in [4.78, 5) is 39.3. The van der Waals surface area contributed by atoms with Gasteiger partial charge in [-0.3, -0.25) is 19.4 Å². The Morgan fingerprint density at radius 3 is 2.14 bits per heavy atom. The van der Waals surface area contributed by atoms with Crippen molar-refractivity contribution in [3.05, 3.63) is 106 Å². The minimum Gasteiger partial charge on any atom is -0.566 e. The Morgan fingerprint density at radius 1 is 0.964 bits per heavy atom. The van der Waals surface area contributed by atoms with E-state index in [4.69, 9.17) is 18.1 Å². The molecule has 5 atom stereocenters. The van der Waals surface area contributed by atoms with Crippen molar-refractivity contribution >= 4 is 35.3 Å². The molecule has 3 aliphatic rings. The molecule has 0 spiro atoms. The SMILES string of the molecule is CC(C)(C)[Si](C)(C)O[C@H]1[C@H](n2ccc(=O)[nH]c2=O)O[C@H](CO[Si](c2ccccc2)(c2ccccc2)C(C)(C)C)[C@@]1(O)O[P+](=O)[O-].[C+]1=C2CCCCNN2CCC1. The number of ether oxygens (including phenoxy) is 1. The first-order chi connectivity index (χ1) is 26.3. The predicted octanol–water partition coefficient (Wildman–Crippen LogP) is 4.58. The first-order valence-corrected chi connectivity index (χ1v) is 25.3. The van der Waals surface area contributed by atoms with Gasteiger partial charge in [0.15, 0.2) is 27.1 Å². The van der Waals surface area contributed by atoms with Crippen LogP contribution < -0.4 is 31.9 Å². The van der Waals surface area contributed by atoms with Crippen LogP contribution in [0, 0.1) is 6.08 Å². The number of rotatable bonds is 10. The summed E-state index contributed by atoms with van der Waals surface area (Å²) in [5.41, 5.74) is 3.38. The summed E-state index contributed by atoms with van der Waals surface area (Å²) in [7, 11) is -9.57. The summed E-state index contributed by atoms with van der Waals surface area (Å²) in [5, 5.41) is 15.6. The van der Waals surface area contributed by atoms with E-state index in [0.717, 1.165) is 34.0 Å². The van der Waals surface area contributed by atoms with Gasteiger partial charge >= 0.3 is 13.9 Å². The van der Waals surface area contributed by atoms with Gasteiger partial charge in [-0.1, -0.05) is 102 Å². The van der Waals surface area contributed by atoms with Gasteiger partial charge in [-0.05, 0) is 51.0 Å². The molecule has 3 aliphatic heterocycles. The van der Waals surface area contributed by atoms with Crippen LogP contribution in [0.2, 0.25) is 23.2 Å². The first kappa shape index (κ1) is 43.9. The van der Waals surface area contributed by atoms with Crippen LogP contribution >= 0.6 is 8.25 Å². The van der Waals surface area contributed by atoms with E-state index in [1.54, 1.807) is 0 Å². The molecule has 3 aromatic rings. The maximum absolute atomic E-state index is 13.0. The molecule has 3 N–H and O–H groups in total. The number of benzene rings is 2. The number of aromatic amines is 1. The molecule has 1 unspecified atom stereocenters. The second-order valence-corrected chi connectivity index (χ2v) is 26.8. The van der Waals surface area contributed by atoms with Crippen LogP contribution in [0.3, 0.4) is 0 Å². The minimum atomic E-state index is -3.62. The Hall–Kier alpha value is -3.18. The number of hydrogen-bond donors (Lipinski definition) is 3. The monoisotopic (exact) mass is 825 g/mol. The van der Waals surface area contributed by atoms with Gasteiger partial charge in [0.25, 0.3) is 25.4 Å². The van der Waals surface area contributed by atoms with Gasteiger partial charge in [0.05, 0.1) is 6.61 Å². The normalized spacial score (nSPS) is 23.5. The zero-order valence-corrected chi connectivity index (χ0v) is 36.8. The van der Waals surface area contributed by atoms with Crippen molar-refractivity contribution in [2.24, 2.45) is 0 Å². The van der Waals surface area contributed by atoms with Gasteiger partial charge in [0.1, 0.15) is 6.10 Å². The number of allylic oxidation sites excluding steroid dienone is 2. The third kappa shape index (κ3) is 9.57. The van der Waals surface area contributed by atoms with Crippen molar-refractivity contribution in [3.8, 4) is 0 Å². The zero-order valence-electron chi connectivity index (χ0n) is 33.9. The molecule has 13 nitrogen and oxygen atoms in total. The van der Waals surface area contributed by atoms with Gasteiger partial charge in [-0.2, -0.15) is 0 Å². The molecule has 1 aromatic heterocycles. The molecule has 304 valence electrons. The highest BCUT2D eigenvalue weighted by Gasteiger charge is 2.65. The molecule has 56 heavy (non-hydrogen) atoms. The van der Waals surface area contributed by atoms with Gasteiger partial charge in [0, 0.05) is 38.2 Å². The third-order valence-electron chi connectivity index (χ3n) is 11.2. The average Bonchev–Trinajstić information content (AvgIpc) is 3.25. The molecular weight excluding hydrogens is 768 g/mol. The highest BCUT2D eigenvalue weighted by molar-refractivity contribution is 7.30. The van der Waals surface area contributed by atoms with Crippen molar-refractivity contribution in [3.63, 3.8) is 0 Å². The van der Waals surface area contributed by atoms with Crippen molar-refractivity contribution in [1.29, 1.82) is 0 Å². The predicted molar refractivity (Wildman–Crippen MR) is 219 cm³/mol. The zero-order chi connectivity index (χ0) is 40.9. The number of H-pyrrole nitrogens is 1. The maximum atomic E-state index is 13.0. The Kier molecular flexibility index (Phi) is 13.9. The molecule has 2 fully saturated rings. The van der Waals surface area contributed by atoms with E-state index in [9.17, 15) is 24.2 Å². The lowest BCUT2D eigenvalue weighted by molar-refractivity contribution is -0.256. The number of nitrogens with one attached hydrogen (secondary N) is 2. The highest BCUT2D eigenvalue weighted by Crippen LogP contribution is 2.48. The van der Waals surface area contributed by atoms with E-state index in [-0.39, 0.29) is 11.6 Å². The quantitative estimate of drug-likeness (QED) is 0.113. The standard InChI is InChI=1S/C31H43N2O9PSi2.C9H15N2/c1-29(2,3)44(7,8)41-26-27(33-20-19-25(34)32-28(33)35)40-24(31(26,36)42-43(37)38)21-39-45(30(4,5)6,22-15-11-9-12-16-22)23-17-13-10-14-18-23;1-3-7-10-11-8-4-2-6-9(11)5-1/h9-20,24,26-27,36H,21H2,1-8H3,(H,32,34,35);10H,1-5,7-8H2/q;+1/t24-,26+,27-,31-;/m1./s1. The lowest BCUT2D eigenvalue weighted by Crippen LogP contribution is -2.67. The van der Waals surface area contributed by atoms with Gasteiger partial charge in [0.2, 0.25) is 6.08 Å². The Balaban J connectivity index is 0.000000463. The number of aromatic nitrogens is 2. The van der Waals surface area contributed by atoms with Crippen LogP contribution in [0.4, 0.5) is 0 Å². The Labute approximate surface area is 333 Å². The molecule has 0 saturated carbocycles. The lowest BCUT2D eigenvalue weighted by atomic mass is 10.1. The third-order valence-corrected chi connectivity index (χ3v) is 21.1. The summed E-state index contributed by atoms with van der Waals surface area (Å²) in [6.07, 6.45) is 6.67. The number of hydrazine groups is 1. The first-order valence-electron chi connectivity index (χ1n) is 19.4. The fourth-order valence-electron chi connectivity index (χ4n) is 7.28. The molecule has 0 aliphatic carbocycles. The number of fused-ring (bicyclic) bond motifs is 1. The Morgan fingerprint density at radius 2 is 1.59 bits per heavy atom. The number of hydrogen-bond acceptors (Lipinski definition) is 11. The molecule has 0 amide bonds. The number of nitrogens with zero attached hydrogens (tertiary/aromatic N) is 2. The molecule has 2 saturated heterocycles. The summed E-state index contributed by atoms with van der Waals surface area (Å²) in [6.45, 7) is 18.0. The van der Waals surface area contributed by atoms with E-state index in [1.165, 1.54) is 44.1 Å². The molecule has 16 heteroatoms.